The molecule has 3 heteroatoms. The van der Waals surface area contributed by atoms with E-state index in [0.29, 0.717) is 6.04 Å². The molecule has 1 aliphatic heterocycles. The summed E-state index contributed by atoms with van der Waals surface area (Å²) < 4.78 is 5.62. The minimum absolute atomic E-state index is 0.605. The number of nitrogens with zero attached hydrogens (tertiary/aromatic N) is 1. The molecule has 0 bridgehead atoms. The van der Waals surface area contributed by atoms with Crippen molar-refractivity contribution in [3.05, 3.63) is 29.5 Å². The van der Waals surface area contributed by atoms with Gasteiger partial charge in [-0.1, -0.05) is 0 Å². The molecule has 1 aliphatic rings. The fourth-order valence-electron chi connectivity index (χ4n) is 2.91. The first-order chi connectivity index (χ1) is 9.19. The lowest BCUT2D eigenvalue weighted by Crippen LogP contribution is -2.35. The average Bonchev–Trinajstić information content (AvgIpc) is 2.76. The van der Waals surface area contributed by atoms with Crippen molar-refractivity contribution in [3.63, 3.8) is 0 Å². The number of aromatic nitrogens is 1. The number of nitrogens with one attached hydrogen (secondary N) is 1. The van der Waals surface area contributed by atoms with Crippen LogP contribution in [0.5, 0.6) is 5.75 Å². The molecule has 3 rings (SSSR count). The number of H-pyrrole nitrogens is 1. The molecule has 0 fully saturated rings. The van der Waals surface area contributed by atoms with Gasteiger partial charge in [-0.05, 0) is 44.5 Å². The van der Waals surface area contributed by atoms with Crippen LogP contribution in [0.25, 0.3) is 10.9 Å². The number of hydrogen-bond acceptors (Lipinski definition) is 2. The molecule has 0 aliphatic carbocycles. The Morgan fingerprint density at radius 2 is 2.21 bits per heavy atom. The first-order valence-corrected chi connectivity index (χ1v) is 7.19. The quantitative estimate of drug-likeness (QED) is 0.914. The van der Waals surface area contributed by atoms with Gasteiger partial charge in [-0.15, -0.1) is 0 Å². The highest BCUT2D eigenvalue weighted by molar-refractivity contribution is 5.86. The van der Waals surface area contributed by atoms with Crippen LogP contribution < -0.4 is 4.74 Å². The Hall–Kier alpha value is -1.48. The lowest BCUT2D eigenvalue weighted by molar-refractivity contribution is 0.203. The number of fused-ring (bicyclic) bond motifs is 3. The topological polar surface area (TPSA) is 28.3 Å². The molecule has 2 aromatic rings. The molecule has 3 nitrogen and oxygen atoms in total. The number of hydrogen-bond donors (Lipinski definition) is 1. The van der Waals surface area contributed by atoms with Crippen LogP contribution in [-0.4, -0.2) is 29.1 Å². The Labute approximate surface area is 114 Å². The van der Waals surface area contributed by atoms with E-state index in [1.54, 1.807) is 0 Å². The maximum absolute atomic E-state index is 5.62. The number of aromatic amines is 1. The maximum atomic E-state index is 5.62. The van der Waals surface area contributed by atoms with Gasteiger partial charge < -0.3 is 9.72 Å². The molecular formula is C16H22N2O. The predicted octanol–water partition coefficient (Wildman–Crippen LogP) is 3.33. The van der Waals surface area contributed by atoms with E-state index in [2.05, 4.69) is 35.9 Å². The standard InChI is InChI=1S/C16H22N2O/c1-4-19-12-5-6-15-13(9-12)14-10-18(11(2)3)8-7-16(14)17-15/h5-6,9,11,17H,4,7-8,10H2,1-3H3. The van der Waals surface area contributed by atoms with Gasteiger partial charge in [-0.2, -0.15) is 0 Å². The largest absolute Gasteiger partial charge is 0.494 e. The fourth-order valence-corrected chi connectivity index (χ4v) is 2.91. The Morgan fingerprint density at radius 3 is 2.95 bits per heavy atom. The van der Waals surface area contributed by atoms with Crippen LogP contribution in [0.4, 0.5) is 0 Å². The molecule has 0 saturated carbocycles. The van der Waals surface area contributed by atoms with Crippen LogP contribution >= 0.6 is 0 Å². The average molecular weight is 258 g/mol. The lowest BCUT2D eigenvalue weighted by Gasteiger charge is -2.30. The molecule has 0 saturated heterocycles. The smallest absolute Gasteiger partial charge is 0.120 e. The maximum Gasteiger partial charge on any atom is 0.120 e. The highest BCUT2D eigenvalue weighted by Gasteiger charge is 2.22. The van der Waals surface area contributed by atoms with E-state index in [1.165, 1.54) is 22.2 Å². The number of benzene rings is 1. The van der Waals surface area contributed by atoms with Crippen LogP contribution in [0, 0.1) is 0 Å². The molecule has 2 heterocycles. The van der Waals surface area contributed by atoms with Gasteiger partial charge in [-0.25, -0.2) is 0 Å². The molecular weight excluding hydrogens is 236 g/mol. The third-order valence-corrected chi connectivity index (χ3v) is 4.02. The molecule has 102 valence electrons. The van der Waals surface area contributed by atoms with E-state index in [1.807, 2.05) is 13.0 Å². The first-order valence-electron chi connectivity index (χ1n) is 7.19. The normalized spacial score (nSPS) is 16.0. The predicted molar refractivity (Wildman–Crippen MR) is 78.7 cm³/mol. The second kappa shape index (κ2) is 4.89. The Morgan fingerprint density at radius 1 is 1.37 bits per heavy atom. The van der Waals surface area contributed by atoms with Crippen molar-refractivity contribution in [1.82, 2.24) is 9.88 Å². The minimum atomic E-state index is 0.605. The van der Waals surface area contributed by atoms with Crippen LogP contribution in [0.1, 0.15) is 32.0 Å². The summed E-state index contributed by atoms with van der Waals surface area (Å²) in [7, 11) is 0. The lowest BCUT2D eigenvalue weighted by atomic mass is 10.0. The van der Waals surface area contributed by atoms with Gasteiger partial charge in [-0.3, -0.25) is 4.90 Å². The second-order valence-electron chi connectivity index (χ2n) is 5.54. The monoisotopic (exact) mass is 258 g/mol. The summed E-state index contributed by atoms with van der Waals surface area (Å²) in [5.74, 6) is 0.971. The van der Waals surface area contributed by atoms with Gasteiger partial charge in [0.05, 0.1) is 6.61 Å². The van der Waals surface area contributed by atoms with Gasteiger partial charge in [0.1, 0.15) is 5.75 Å². The zero-order chi connectivity index (χ0) is 13.4. The zero-order valence-electron chi connectivity index (χ0n) is 12.0. The van der Waals surface area contributed by atoms with E-state index in [-0.39, 0.29) is 0 Å². The molecule has 0 unspecified atom stereocenters. The molecule has 0 radical (unpaired) electrons. The fraction of sp³-hybridized carbons (Fsp3) is 0.500. The summed E-state index contributed by atoms with van der Waals surface area (Å²) in [5.41, 5.74) is 4.09. The molecule has 0 atom stereocenters. The number of rotatable bonds is 3. The minimum Gasteiger partial charge on any atom is -0.494 e. The molecule has 0 spiro atoms. The van der Waals surface area contributed by atoms with Gasteiger partial charge in [0, 0.05) is 42.1 Å². The molecule has 1 aromatic heterocycles. The highest BCUT2D eigenvalue weighted by Crippen LogP contribution is 2.31. The SMILES string of the molecule is CCOc1ccc2[nH]c3c(c2c1)CN(C(C)C)CC3. The van der Waals surface area contributed by atoms with Crippen LogP contribution in [0.3, 0.4) is 0 Å². The highest BCUT2D eigenvalue weighted by atomic mass is 16.5. The zero-order valence-corrected chi connectivity index (χ0v) is 12.0. The van der Waals surface area contributed by atoms with Gasteiger partial charge in [0.15, 0.2) is 0 Å². The summed E-state index contributed by atoms with van der Waals surface area (Å²) >= 11 is 0. The van der Waals surface area contributed by atoms with E-state index in [9.17, 15) is 0 Å². The van der Waals surface area contributed by atoms with E-state index in [4.69, 9.17) is 4.74 Å². The van der Waals surface area contributed by atoms with Crippen molar-refractivity contribution < 1.29 is 4.74 Å². The van der Waals surface area contributed by atoms with Gasteiger partial charge >= 0.3 is 0 Å². The van der Waals surface area contributed by atoms with Crippen molar-refractivity contribution in [2.75, 3.05) is 13.2 Å². The molecule has 1 aromatic carbocycles. The second-order valence-corrected chi connectivity index (χ2v) is 5.54. The van der Waals surface area contributed by atoms with Crippen molar-refractivity contribution in [3.8, 4) is 5.75 Å². The van der Waals surface area contributed by atoms with Crippen LogP contribution in [0.15, 0.2) is 18.2 Å². The van der Waals surface area contributed by atoms with Crippen molar-refractivity contribution >= 4 is 10.9 Å². The summed E-state index contributed by atoms with van der Waals surface area (Å²) in [6, 6.07) is 6.97. The summed E-state index contributed by atoms with van der Waals surface area (Å²) in [5, 5.41) is 1.33. The molecule has 1 N–H and O–H groups in total. The Bertz CT molecular complexity index is 586. The van der Waals surface area contributed by atoms with Crippen molar-refractivity contribution in [1.29, 1.82) is 0 Å². The first kappa shape index (κ1) is 12.5. The van der Waals surface area contributed by atoms with Crippen LogP contribution in [0.2, 0.25) is 0 Å². The molecule has 0 amide bonds. The third-order valence-electron chi connectivity index (χ3n) is 4.02. The summed E-state index contributed by atoms with van der Waals surface area (Å²) in [6.45, 7) is 9.48. The van der Waals surface area contributed by atoms with Crippen molar-refractivity contribution in [2.24, 2.45) is 0 Å². The van der Waals surface area contributed by atoms with E-state index in [0.717, 1.165) is 31.9 Å². The third kappa shape index (κ3) is 2.23. The molecule has 19 heavy (non-hydrogen) atoms. The van der Waals surface area contributed by atoms with Gasteiger partial charge in [0.25, 0.3) is 0 Å². The van der Waals surface area contributed by atoms with Crippen molar-refractivity contribution in [2.45, 2.75) is 39.8 Å². The Balaban J connectivity index is 2.02. The van der Waals surface area contributed by atoms with E-state index < -0.39 is 0 Å². The summed E-state index contributed by atoms with van der Waals surface area (Å²) in [6.07, 6.45) is 1.12. The number of ether oxygens (including phenoxy) is 1. The summed E-state index contributed by atoms with van der Waals surface area (Å²) in [4.78, 5) is 6.09. The van der Waals surface area contributed by atoms with Gasteiger partial charge in [0.2, 0.25) is 0 Å². The van der Waals surface area contributed by atoms with Crippen LogP contribution in [-0.2, 0) is 13.0 Å². The van der Waals surface area contributed by atoms with E-state index >= 15 is 0 Å². The Kier molecular flexibility index (Phi) is 3.23.